The Morgan fingerprint density at radius 1 is 1.33 bits per heavy atom. The topological polar surface area (TPSA) is 81.0 Å². The van der Waals surface area contributed by atoms with E-state index in [0.717, 1.165) is 4.47 Å². The van der Waals surface area contributed by atoms with E-state index >= 15 is 0 Å². The van der Waals surface area contributed by atoms with Crippen molar-refractivity contribution < 1.29 is 4.92 Å². The second kappa shape index (κ2) is 5.09. The largest absolute Gasteiger partial charge is 0.357 e. The van der Waals surface area contributed by atoms with E-state index in [1.54, 1.807) is 31.3 Å². The van der Waals surface area contributed by atoms with Crippen LogP contribution < -0.4 is 5.32 Å². The van der Waals surface area contributed by atoms with Crippen molar-refractivity contribution in [3.05, 3.63) is 45.0 Å². The van der Waals surface area contributed by atoms with Crippen LogP contribution in [0.15, 0.2) is 34.9 Å². The molecule has 18 heavy (non-hydrogen) atoms. The van der Waals surface area contributed by atoms with Gasteiger partial charge in [-0.05, 0) is 12.1 Å². The number of nitro groups is 1. The van der Waals surface area contributed by atoms with Crippen LogP contribution >= 0.6 is 15.9 Å². The Morgan fingerprint density at radius 2 is 2.00 bits per heavy atom. The summed E-state index contributed by atoms with van der Waals surface area (Å²) in [6.45, 7) is 0. The number of aromatic nitrogens is 2. The van der Waals surface area contributed by atoms with Crippen LogP contribution in [0.4, 0.5) is 11.6 Å². The molecule has 0 unspecified atom stereocenters. The number of hydrogen-bond acceptors (Lipinski definition) is 5. The highest BCUT2D eigenvalue weighted by molar-refractivity contribution is 9.10. The lowest BCUT2D eigenvalue weighted by atomic mass is 10.1. The molecule has 1 heterocycles. The summed E-state index contributed by atoms with van der Waals surface area (Å²) in [4.78, 5) is 18.5. The maximum atomic E-state index is 11.0. The summed E-state index contributed by atoms with van der Waals surface area (Å²) in [5.74, 6) is 0.346. The lowest BCUT2D eigenvalue weighted by Crippen LogP contribution is -2.01. The Labute approximate surface area is 111 Å². The maximum absolute atomic E-state index is 11.0. The second-order valence-corrected chi connectivity index (χ2v) is 4.36. The first-order valence-corrected chi connectivity index (χ1v) is 5.86. The molecule has 0 amide bonds. The van der Waals surface area contributed by atoms with Gasteiger partial charge in [-0.1, -0.05) is 28.1 Å². The second-order valence-electron chi connectivity index (χ2n) is 3.44. The summed E-state index contributed by atoms with van der Waals surface area (Å²) in [6.07, 6.45) is 1.20. The highest BCUT2D eigenvalue weighted by Crippen LogP contribution is 2.28. The van der Waals surface area contributed by atoms with Gasteiger partial charge in [0.25, 0.3) is 0 Å². The van der Waals surface area contributed by atoms with Gasteiger partial charge in [-0.3, -0.25) is 10.1 Å². The van der Waals surface area contributed by atoms with Gasteiger partial charge in [-0.2, -0.15) is 0 Å². The zero-order chi connectivity index (χ0) is 13.1. The van der Waals surface area contributed by atoms with Crippen LogP contribution in [0, 0.1) is 10.1 Å². The van der Waals surface area contributed by atoms with Gasteiger partial charge in [0.1, 0.15) is 6.20 Å². The molecule has 2 rings (SSSR count). The van der Waals surface area contributed by atoms with Crippen LogP contribution in [0.2, 0.25) is 0 Å². The fraction of sp³-hybridized carbons (Fsp3) is 0.0909. The summed E-state index contributed by atoms with van der Waals surface area (Å²) < 4.78 is 0.900. The van der Waals surface area contributed by atoms with Crippen LogP contribution in [0.3, 0.4) is 0 Å². The fourth-order valence-corrected chi connectivity index (χ4v) is 1.71. The van der Waals surface area contributed by atoms with Crippen molar-refractivity contribution in [3.63, 3.8) is 0 Å². The van der Waals surface area contributed by atoms with Crippen molar-refractivity contribution in [2.24, 2.45) is 0 Å². The van der Waals surface area contributed by atoms with Crippen molar-refractivity contribution in [1.29, 1.82) is 0 Å². The number of nitrogens with zero attached hydrogens (tertiary/aromatic N) is 3. The predicted molar refractivity (Wildman–Crippen MR) is 71.4 cm³/mol. The van der Waals surface area contributed by atoms with Gasteiger partial charge in [-0.15, -0.1) is 0 Å². The van der Waals surface area contributed by atoms with Gasteiger partial charge in [0.05, 0.1) is 4.92 Å². The van der Waals surface area contributed by atoms with Crippen molar-refractivity contribution in [2.45, 2.75) is 0 Å². The molecule has 0 spiro atoms. The molecule has 1 N–H and O–H groups in total. The summed E-state index contributed by atoms with van der Waals surface area (Å²) >= 11 is 3.31. The molecule has 0 atom stereocenters. The van der Waals surface area contributed by atoms with Crippen LogP contribution in [0.5, 0.6) is 0 Å². The molecule has 1 aromatic heterocycles. The normalized spacial score (nSPS) is 10.1. The average Bonchev–Trinajstić information content (AvgIpc) is 2.38. The highest BCUT2D eigenvalue weighted by atomic mass is 79.9. The number of hydrogen-bond donors (Lipinski definition) is 1. The van der Waals surface area contributed by atoms with Crippen LogP contribution in [0.25, 0.3) is 11.3 Å². The van der Waals surface area contributed by atoms with E-state index < -0.39 is 4.92 Å². The van der Waals surface area contributed by atoms with Crippen LogP contribution in [-0.4, -0.2) is 21.9 Å². The summed E-state index contributed by atoms with van der Waals surface area (Å²) in [7, 11) is 1.66. The van der Waals surface area contributed by atoms with Crippen molar-refractivity contribution in [1.82, 2.24) is 9.97 Å². The van der Waals surface area contributed by atoms with Gasteiger partial charge in [0.15, 0.2) is 5.69 Å². The molecule has 0 saturated carbocycles. The van der Waals surface area contributed by atoms with Crippen LogP contribution in [-0.2, 0) is 0 Å². The minimum atomic E-state index is -0.489. The van der Waals surface area contributed by atoms with E-state index in [1.165, 1.54) is 6.20 Å². The highest BCUT2D eigenvalue weighted by Gasteiger charge is 2.18. The Morgan fingerprint density at radius 3 is 2.56 bits per heavy atom. The third kappa shape index (κ3) is 2.45. The number of benzene rings is 1. The van der Waals surface area contributed by atoms with E-state index in [2.05, 4.69) is 31.2 Å². The van der Waals surface area contributed by atoms with Gasteiger partial charge in [0.2, 0.25) is 5.95 Å². The van der Waals surface area contributed by atoms with Gasteiger partial charge in [-0.25, -0.2) is 9.97 Å². The Kier molecular flexibility index (Phi) is 3.52. The minimum absolute atomic E-state index is 0.115. The standard InChI is InChI=1S/C11H9BrN4O2/c1-13-11-14-6-9(16(17)18)10(15-11)7-2-4-8(12)5-3-7/h2-6H,1H3,(H,13,14,15). The van der Waals surface area contributed by atoms with Crippen molar-refractivity contribution >= 4 is 27.6 Å². The minimum Gasteiger partial charge on any atom is -0.357 e. The third-order valence-electron chi connectivity index (χ3n) is 2.31. The van der Waals surface area contributed by atoms with E-state index in [-0.39, 0.29) is 5.69 Å². The molecule has 0 radical (unpaired) electrons. The molecule has 2 aromatic rings. The predicted octanol–water partition coefficient (Wildman–Crippen LogP) is 2.86. The molecule has 1 aromatic carbocycles. The SMILES string of the molecule is CNc1ncc([N+](=O)[O-])c(-c2ccc(Br)cc2)n1. The maximum Gasteiger partial charge on any atom is 0.313 e. The first-order valence-electron chi connectivity index (χ1n) is 5.07. The summed E-state index contributed by atoms with van der Waals surface area (Å²) in [5, 5.41) is 13.7. The molecular weight excluding hydrogens is 300 g/mol. The Balaban J connectivity index is 2.59. The summed E-state index contributed by atoms with van der Waals surface area (Å²) in [6, 6.07) is 7.14. The van der Waals surface area contributed by atoms with E-state index in [9.17, 15) is 10.1 Å². The molecule has 0 saturated heterocycles. The molecule has 7 heteroatoms. The first-order chi connectivity index (χ1) is 8.61. The number of rotatable bonds is 3. The van der Waals surface area contributed by atoms with Crippen molar-refractivity contribution in [2.75, 3.05) is 12.4 Å². The number of anilines is 1. The monoisotopic (exact) mass is 308 g/mol. The van der Waals surface area contributed by atoms with E-state index in [0.29, 0.717) is 17.2 Å². The number of halogens is 1. The average molecular weight is 309 g/mol. The zero-order valence-electron chi connectivity index (χ0n) is 9.42. The smallest absolute Gasteiger partial charge is 0.313 e. The lowest BCUT2D eigenvalue weighted by molar-refractivity contribution is -0.384. The molecule has 0 aliphatic carbocycles. The Hall–Kier alpha value is -2.02. The molecule has 92 valence electrons. The third-order valence-corrected chi connectivity index (χ3v) is 2.84. The van der Waals surface area contributed by atoms with Gasteiger partial charge < -0.3 is 5.32 Å². The fourth-order valence-electron chi connectivity index (χ4n) is 1.45. The molecule has 0 aliphatic heterocycles. The number of nitrogens with one attached hydrogen (secondary N) is 1. The Bertz CT molecular complexity index is 586. The summed E-state index contributed by atoms with van der Waals surface area (Å²) in [5.41, 5.74) is 0.854. The first kappa shape index (κ1) is 12.4. The molecule has 6 nitrogen and oxygen atoms in total. The lowest BCUT2D eigenvalue weighted by Gasteiger charge is -2.04. The van der Waals surface area contributed by atoms with Gasteiger partial charge >= 0.3 is 5.69 Å². The van der Waals surface area contributed by atoms with Gasteiger partial charge in [0, 0.05) is 17.1 Å². The molecule has 0 aliphatic rings. The molecule has 0 fully saturated rings. The van der Waals surface area contributed by atoms with Crippen molar-refractivity contribution in [3.8, 4) is 11.3 Å². The van der Waals surface area contributed by atoms with E-state index in [1.807, 2.05) is 0 Å². The van der Waals surface area contributed by atoms with E-state index in [4.69, 9.17) is 0 Å². The molecular formula is C11H9BrN4O2. The van der Waals surface area contributed by atoms with Crippen LogP contribution in [0.1, 0.15) is 0 Å². The zero-order valence-corrected chi connectivity index (χ0v) is 11.0. The molecule has 0 bridgehead atoms. The quantitative estimate of drug-likeness (QED) is 0.696.